The molecule has 1 aromatic carbocycles. The minimum absolute atomic E-state index is 0.683. The van der Waals surface area contributed by atoms with Crippen LogP contribution in [-0.2, 0) is 0 Å². The third-order valence-corrected chi connectivity index (χ3v) is 8.52. The summed E-state index contributed by atoms with van der Waals surface area (Å²) in [5, 5.41) is 0. The van der Waals surface area contributed by atoms with Gasteiger partial charge in [-0.3, -0.25) is 4.99 Å². The third kappa shape index (κ3) is 6.80. The predicted molar refractivity (Wildman–Crippen MR) is 184 cm³/mol. The van der Waals surface area contributed by atoms with Gasteiger partial charge in [-0.1, -0.05) is 62.4 Å². The highest BCUT2D eigenvalue weighted by molar-refractivity contribution is 5.79. The van der Waals surface area contributed by atoms with E-state index in [9.17, 15) is 0 Å². The molecule has 0 N–H and O–H groups in total. The highest BCUT2D eigenvalue weighted by Gasteiger charge is 2.29. The zero-order chi connectivity index (χ0) is 30.2. The average Bonchev–Trinajstić information content (AvgIpc) is 3.34. The Morgan fingerprint density at radius 3 is 2.51 bits per heavy atom. The van der Waals surface area contributed by atoms with Gasteiger partial charge in [-0.25, -0.2) is 9.97 Å². The van der Waals surface area contributed by atoms with Crippen LogP contribution >= 0.6 is 0 Å². The van der Waals surface area contributed by atoms with E-state index in [0.29, 0.717) is 6.54 Å². The first-order valence-corrected chi connectivity index (χ1v) is 16.2. The molecule has 0 unspecified atom stereocenters. The molecule has 3 heterocycles. The Balaban J connectivity index is 0.00000180. The van der Waals surface area contributed by atoms with E-state index in [2.05, 4.69) is 96.6 Å². The monoisotopic (exact) mass is 570 g/mol. The van der Waals surface area contributed by atoms with E-state index in [0.717, 1.165) is 59.7 Å². The Morgan fingerprint density at radius 2 is 1.67 bits per heavy atom. The topological polar surface area (TPSA) is 41.4 Å². The van der Waals surface area contributed by atoms with Gasteiger partial charge in [0, 0.05) is 22.5 Å². The molecule has 2 aliphatic carbocycles. The van der Waals surface area contributed by atoms with Crippen LogP contribution in [0.3, 0.4) is 0 Å². The second kappa shape index (κ2) is 14.4. The molecule has 4 heteroatoms. The summed E-state index contributed by atoms with van der Waals surface area (Å²) in [7, 11) is 0. The molecule has 0 saturated heterocycles. The van der Waals surface area contributed by atoms with Gasteiger partial charge in [0.25, 0.3) is 0 Å². The third-order valence-electron chi connectivity index (χ3n) is 8.52. The summed E-state index contributed by atoms with van der Waals surface area (Å²) >= 11 is 0. The number of benzene rings is 1. The number of pyridine rings is 2. The lowest BCUT2D eigenvalue weighted by atomic mass is 9.87. The zero-order valence-corrected chi connectivity index (χ0v) is 26.7. The summed E-state index contributed by atoms with van der Waals surface area (Å²) in [4.78, 5) is 17.6. The molecular weight excluding hydrogens is 524 g/mol. The fourth-order valence-electron chi connectivity index (χ4n) is 6.34. The highest BCUT2D eigenvalue weighted by atomic mass is 15.2. The van der Waals surface area contributed by atoms with Crippen LogP contribution in [0, 0.1) is 6.92 Å². The summed E-state index contributed by atoms with van der Waals surface area (Å²) in [6.45, 7) is 11.1. The van der Waals surface area contributed by atoms with Gasteiger partial charge in [0.05, 0.1) is 23.6 Å². The average molecular weight is 571 g/mol. The molecule has 43 heavy (non-hydrogen) atoms. The van der Waals surface area contributed by atoms with Gasteiger partial charge in [-0.05, 0) is 125 Å². The maximum absolute atomic E-state index is 5.35. The lowest BCUT2D eigenvalue weighted by Gasteiger charge is -2.38. The number of rotatable bonds is 6. The predicted octanol–water partition coefficient (Wildman–Crippen LogP) is 10.7. The number of hydrogen-bond acceptors (Lipinski definition) is 4. The lowest BCUT2D eigenvalue weighted by Crippen LogP contribution is -2.31. The van der Waals surface area contributed by atoms with Crippen molar-refractivity contribution in [3.63, 3.8) is 0 Å². The van der Waals surface area contributed by atoms with E-state index in [1.165, 1.54) is 53.8 Å². The summed E-state index contributed by atoms with van der Waals surface area (Å²) in [6.07, 6.45) is 18.0. The standard InChI is InChI=1S/C37H40N4.C2H6/c1-4-38-25-36-27(3)22-29-17-10-12-20-35(29)41(36)37-21-13-19-32(40-37)30-23-33(28-15-7-5-6-8-16-28)39-34(24-30)31-18-11-9-14-26(31)2;1-2/h4,7,9,11,13-16,18-19,21,23-24H,5-6,8,10,12,17,20,22,25H2,1-3H3;1-2H3. The van der Waals surface area contributed by atoms with Gasteiger partial charge in [-0.15, -0.1) is 0 Å². The van der Waals surface area contributed by atoms with Crippen LogP contribution in [0.2, 0.25) is 0 Å². The summed E-state index contributed by atoms with van der Waals surface area (Å²) < 4.78 is 0. The Hall–Kier alpha value is -4.05. The molecule has 0 amide bonds. The van der Waals surface area contributed by atoms with Crippen molar-refractivity contribution < 1.29 is 0 Å². The molecule has 6 rings (SSSR count). The number of aliphatic imine (C=N–C) groups is 1. The molecule has 0 radical (unpaired) electrons. The Morgan fingerprint density at radius 1 is 0.860 bits per heavy atom. The van der Waals surface area contributed by atoms with Gasteiger partial charge in [0.2, 0.25) is 0 Å². The van der Waals surface area contributed by atoms with Gasteiger partial charge >= 0.3 is 0 Å². The second-order valence-corrected chi connectivity index (χ2v) is 11.4. The second-order valence-electron chi connectivity index (χ2n) is 11.4. The Bertz CT molecular complexity index is 1600. The van der Waals surface area contributed by atoms with Gasteiger partial charge in [0.15, 0.2) is 0 Å². The quantitative estimate of drug-likeness (QED) is 0.277. The SMILES string of the molecule is CC.CC=NCC1=C(C)CC2=C(CCCC2)N1c1cccc(-c2cc(C3=CCCCC=C3)nc(-c3ccccc3C)c2)n1. The number of nitrogens with zero attached hydrogens (tertiary/aromatic N) is 4. The van der Waals surface area contributed by atoms with E-state index in [4.69, 9.17) is 9.97 Å². The fourth-order valence-corrected chi connectivity index (χ4v) is 6.34. The van der Waals surface area contributed by atoms with Gasteiger partial charge < -0.3 is 4.90 Å². The van der Waals surface area contributed by atoms with E-state index >= 15 is 0 Å². The number of hydrogen-bond donors (Lipinski definition) is 0. The van der Waals surface area contributed by atoms with Crippen molar-refractivity contribution in [3.05, 3.63) is 107 Å². The largest absolute Gasteiger partial charge is 0.301 e. The minimum Gasteiger partial charge on any atom is -0.301 e. The van der Waals surface area contributed by atoms with Crippen molar-refractivity contribution in [2.24, 2.45) is 4.99 Å². The van der Waals surface area contributed by atoms with E-state index in [-0.39, 0.29) is 0 Å². The van der Waals surface area contributed by atoms with Crippen LogP contribution in [0.25, 0.3) is 28.1 Å². The Labute approximate surface area is 258 Å². The van der Waals surface area contributed by atoms with Gasteiger partial charge in [0.1, 0.15) is 5.82 Å². The summed E-state index contributed by atoms with van der Waals surface area (Å²) in [5.74, 6) is 0.988. The van der Waals surface area contributed by atoms with Crippen molar-refractivity contribution in [1.82, 2.24) is 9.97 Å². The van der Waals surface area contributed by atoms with Gasteiger partial charge in [-0.2, -0.15) is 0 Å². The van der Waals surface area contributed by atoms with Crippen LogP contribution in [-0.4, -0.2) is 22.7 Å². The molecular formula is C39H46N4. The van der Waals surface area contributed by atoms with E-state index in [1.807, 2.05) is 27.0 Å². The number of allylic oxidation sites excluding steroid dienone is 7. The smallest absolute Gasteiger partial charge is 0.137 e. The number of aryl methyl sites for hydroxylation is 1. The van der Waals surface area contributed by atoms with Crippen molar-refractivity contribution >= 4 is 17.6 Å². The molecule has 4 nitrogen and oxygen atoms in total. The normalized spacial score (nSPS) is 17.0. The number of anilines is 1. The molecule has 1 aliphatic heterocycles. The van der Waals surface area contributed by atoms with E-state index < -0.39 is 0 Å². The lowest BCUT2D eigenvalue weighted by molar-refractivity contribution is 0.627. The van der Waals surface area contributed by atoms with Crippen LogP contribution in [0.5, 0.6) is 0 Å². The zero-order valence-electron chi connectivity index (χ0n) is 26.7. The van der Waals surface area contributed by atoms with Crippen LogP contribution in [0.15, 0.2) is 100 Å². The first kappa shape index (κ1) is 30.4. The van der Waals surface area contributed by atoms with Crippen LogP contribution in [0.4, 0.5) is 5.82 Å². The molecule has 0 atom stereocenters. The first-order chi connectivity index (χ1) is 21.1. The molecule has 3 aromatic rings. The maximum Gasteiger partial charge on any atom is 0.137 e. The first-order valence-electron chi connectivity index (χ1n) is 16.2. The van der Waals surface area contributed by atoms with Crippen molar-refractivity contribution in [2.45, 2.75) is 86.0 Å². The fraction of sp³-hybridized carbons (Fsp3) is 0.359. The molecule has 0 fully saturated rings. The van der Waals surface area contributed by atoms with E-state index in [1.54, 1.807) is 5.57 Å². The molecule has 2 aromatic heterocycles. The highest BCUT2D eigenvalue weighted by Crippen LogP contribution is 2.41. The van der Waals surface area contributed by atoms with Crippen molar-refractivity contribution in [3.8, 4) is 22.5 Å². The molecule has 3 aliphatic rings. The summed E-state index contributed by atoms with van der Waals surface area (Å²) in [5.41, 5.74) is 13.3. The summed E-state index contributed by atoms with van der Waals surface area (Å²) in [6, 6.07) is 19.4. The molecule has 222 valence electrons. The maximum atomic E-state index is 5.35. The minimum atomic E-state index is 0.683. The van der Waals surface area contributed by atoms with Crippen LogP contribution < -0.4 is 4.90 Å². The Kier molecular flexibility index (Phi) is 10.2. The molecule has 0 spiro atoms. The molecule has 0 bridgehead atoms. The van der Waals surface area contributed by atoms with Crippen LogP contribution in [0.1, 0.15) is 90.3 Å². The van der Waals surface area contributed by atoms with Crippen molar-refractivity contribution in [1.29, 1.82) is 0 Å². The number of aromatic nitrogens is 2. The van der Waals surface area contributed by atoms with Crippen molar-refractivity contribution in [2.75, 3.05) is 11.4 Å². The molecule has 0 saturated carbocycles.